The molecule has 0 radical (unpaired) electrons. The van der Waals surface area contributed by atoms with Crippen LogP contribution in [0.4, 0.5) is 0 Å². The van der Waals surface area contributed by atoms with Crippen LogP contribution in [0.2, 0.25) is 0 Å². The molecule has 6 nitrogen and oxygen atoms in total. The molecule has 6 heteroatoms. The number of nitrogens with zero attached hydrogens (tertiary/aromatic N) is 3. The lowest BCUT2D eigenvalue weighted by Crippen LogP contribution is -2.45. The fourth-order valence-corrected chi connectivity index (χ4v) is 2.18. The first-order valence-electron chi connectivity index (χ1n) is 6.29. The molecule has 0 atom stereocenters. The first kappa shape index (κ1) is 12.9. The third kappa shape index (κ3) is 3.48. The molecule has 1 aromatic heterocycles. The zero-order valence-corrected chi connectivity index (χ0v) is 10.4. The standard InChI is InChI=1S/C12H19N5O/c13-4-8-17-6-2-11(3-7-17)16-12(18)10-1-5-14-15-9-10/h1,5,9,11H,2-4,6-8,13H2,(H,16,18). The minimum Gasteiger partial charge on any atom is -0.349 e. The van der Waals surface area contributed by atoms with Crippen molar-refractivity contribution in [1.29, 1.82) is 0 Å². The van der Waals surface area contributed by atoms with Crippen LogP contribution in [0, 0.1) is 0 Å². The van der Waals surface area contributed by atoms with E-state index in [1.807, 2.05) is 0 Å². The van der Waals surface area contributed by atoms with E-state index < -0.39 is 0 Å². The molecular formula is C12H19N5O. The maximum atomic E-state index is 11.9. The van der Waals surface area contributed by atoms with Crippen LogP contribution in [0.3, 0.4) is 0 Å². The van der Waals surface area contributed by atoms with E-state index >= 15 is 0 Å². The summed E-state index contributed by atoms with van der Waals surface area (Å²) < 4.78 is 0. The number of carbonyl (C=O) groups is 1. The summed E-state index contributed by atoms with van der Waals surface area (Å²) in [6.45, 7) is 3.63. The molecule has 2 rings (SSSR count). The summed E-state index contributed by atoms with van der Waals surface area (Å²) in [7, 11) is 0. The van der Waals surface area contributed by atoms with Crippen molar-refractivity contribution < 1.29 is 4.79 Å². The predicted molar refractivity (Wildman–Crippen MR) is 68.0 cm³/mol. The molecule has 1 fully saturated rings. The van der Waals surface area contributed by atoms with E-state index in [0.717, 1.165) is 32.5 Å². The smallest absolute Gasteiger partial charge is 0.253 e. The van der Waals surface area contributed by atoms with Gasteiger partial charge in [0.25, 0.3) is 5.91 Å². The number of nitrogens with one attached hydrogen (secondary N) is 1. The topological polar surface area (TPSA) is 84.1 Å². The molecule has 0 aliphatic carbocycles. The van der Waals surface area contributed by atoms with Gasteiger partial charge >= 0.3 is 0 Å². The lowest BCUT2D eigenvalue weighted by atomic mass is 10.0. The largest absolute Gasteiger partial charge is 0.349 e. The fraction of sp³-hybridized carbons (Fsp3) is 0.583. The van der Waals surface area contributed by atoms with Crippen molar-refractivity contribution in [3.8, 4) is 0 Å². The Hall–Kier alpha value is -1.53. The van der Waals surface area contributed by atoms with E-state index in [0.29, 0.717) is 12.1 Å². The Balaban J connectivity index is 1.80. The van der Waals surface area contributed by atoms with Crippen LogP contribution >= 0.6 is 0 Å². The summed E-state index contributed by atoms with van der Waals surface area (Å²) >= 11 is 0. The Labute approximate surface area is 107 Å². The molecule has 1 aromatic rings. The first-order chi connectivity index (χ1) is 8.79. The molecule has 18 heavy (non-hydrogen) atoms. The lowest BCUT2D eigenvalue weighted by molar-refractivity contribution is 0.0911. The normalized spacial score (nSPS) is 17.6. The Morgan fingerprint density at radius 3 is 2.83 bits per heavy atom. The monoisotopic (exact) mass is 249 g/mol. The number of rotatable bonds is 4. The SMILES string of the molecule is NCCN1CCC(NC(=O)c2ccnnc2)CC1. The van der Waals surface area contributed by atoms with Crippen LogP contribution in [0.5, 0.6) is 0 Å². The van der Waals surface area contributed by atoms with Crippen molar-refractivity contribution in [1.82, 2.24) is 20.4 Å². The van der Waals surface area contributed by atoms with Gasteiger partial charge in [-0.05, 0) is 18.9 Å². The lowest BCUT2D eigenvalue weighted by Gasteiger charge is -2.31. The number of likely N-dealkylation sites (tertiary alicyclic amines) is 1. The summed E-state index contributed by atoms with van der Waals surface area (Å²) in [5.74, 6) is -0.0674. The van der Waals surface area contributed by atoms with Crippen LogP contribution in [0.25, 0.3) is 0 Å². The van der Waals surface area contributed by atoms with Crippen molar-refractivity contribution in [3.05, 3.63) is 24.0 Å². The molecule has 1 aliphatic heterocycles. The van der Waals surface area contributed by atoms with Gasteiger partial charge in [0.1, 0.15) is 0 Å². The third-order valence-corrected chi connectivity index (χ3v) is 3.21. The molecule has 0 bridgehead atoms. The average molecular weight is 249 g/mol. The van der Waals surface area contributed by atoms with Crippen LogP contribution in [-0.4, -0.2) is 53.2 Å². The van der Waals surface area contributed by atoms with Gasteiger partial charge in [0.05, 0.1) is 18.0 Å². The molecule has 0 aromatic carbocycles. The molecular weight excluding hydrogens is 230 g/mol. The van der Waals surface area contributed by atoms with Crippen molar-refractivity contribution in [2.24, 2.45) is 5.73 Å². The van der Waals surface area contributed by atoms with Crippen molar-refractivity contribution in [2.45, 2.75) is 18.9 Å². The molecule has 2 heterocycles. The van der Waals surface area contributed by atoms with Gasteiger partial charge in [-0.3, -0.25) is 4.79 Å². The molecule has 0 spiro atoms. The van der Waals surface area contributed by atoms with Gasteiger partial charge in [0, 0.05) is 32.2 Å². The summed E-state index contributed by atoms with van der Waals surface area (Å²) in [6.07, 6.45) is 4.96. The van der Waals surface area contributed by atoms with Gasteiger partial charge in [-0.2, -0.15) is 10.2 Å². The number of amides is 1. The van der Waals surface area contributed by atoms with E-state index in [1.165, 1.54) is 12.4 Å². The van der Waals surface area contributed by atoms with Gasteiger partial charge in [-0.1, -0.05) is 0 Å². The number of hydrogen-bond acceptors (Lipinski definition) is 5. The Kier molecular flexibility index (Phi) is 4.60. The van der Waals surface area contributed by atoms with E-state index in [2.05, 4.69) is 20.4 Å². The number of aromatic nitrogens is 2. The summed E-state index contributed by atoms with van der Waals surface area (Å²) in [6, 6.07) is 1.92. The highest BCUT2D eigenvalue weighted by Crippen LogP contribution is 2.10. The second-order valence-corrected chi connectivity index (χ2v) is 4.51. The van der Waals surface area contributed by atoms with Crippen LogP contribution in [0.15, 0.2) is 18.5 Å². The van der Waals surface area contributed by atoms with Crippen LogP contribution < -0.4 is 11.1 Å². The summed E-state index contributed by atoms with van der Waals surface area (Å²) in [5.41, 5.74) is 6.09. The number of nitrogens with two attached hydrogens (primary N) is 1. The Bertz CT molecular complexity index is 375. The molecule has 1 aliphatic rings. The number of hydrogen-bond donors (Lipinski definition) is 2. The fourth-order valence-electron chi connectivity index (χ4n) is 2.18. The third-order valence-electron chi connectivity index (χ3n) is 3.21. The highest BCUT2D eigenvalue weighted by molar-refractivity contribution is 5.93. The maximum absolute atomic E-state index is 11.9. The molecule has 1 saturated heterocycles. The zero-order valence-electron chi connectivity index (χ0n) is 10.4. The number of piperidine rings is 1. The quantitative estimate of drug-likeness (QED) is 0.760. The minimum atomic E-state index is -0.0674. The Morgan fingerprint density at radius 2 is 2.22 bits per heavy atom. The van der Waals surface area contributed by atoms with E-state index in [-0.39, 0.29) is 11.9 Å². The predicted octanol–water partition coefficient (Wildman–Crippen LogP) is -0.370. The zero-order chi connectivity index (χ0) is 12.8. The highest BCUT2D eigenvalue weighted by atomic mass is 16.1. The van der Waals surface area contributed by atoms with Gasteiger partial charge < -0.3 is 16.0 Å². The van der Waals surface area contributed by atoms with Crippen LogP contribution in [-0.2, 0) is 0 Å². The van der Waals surface area contributed by atoms with Crippen LogP contribution in [0.1, 0.15) is 23.2 Å². The van der Waals surface area contributed by atoms with E-state index in [9.17, 15) is 4.79 Å². The molecule has 1 amide bonds. The van der Waals surface area contributed by atoms with Crippen molar-refractivity contribution >= 4 is 5.91 Å². The van der Waals surface area contributed by atoms with Gasteiger partial charge in [0.2, 0.25) is 0 Å². The second-order valence-electron chi connectivity index (χ2n) is 4.51. The van der Waals surface area contributed by atoms with Crippen molar-refractivity contribution in [3.63, 3.8) is 0 Å². The van der Waals surface area contributed by atoms with E-state index in [4.69, 9.17) is 5.73 Å². The molecule has 3 N–H and O–H groups in total. The minimum absolute atomic E-state index is 0.0674. The summed E-state index contributed by atoms with van der Waals surface area (Å²) in [4.78, 5) is 14.2. The van der Waals surface area contributed by atoms with E-state index in [1.54, 1.807) is 6.07 Å². The highest BCUT2D eigenvalue weighted by Gasteiger charge is 2.20. The maximum Gasteiger partial charge on any atom is 0.253 e. The van der Waals surface area contributed by atoms with Crippen molar-refractivity contribution in [2.75, 3.05) is 26.2 Å². The molecule has 0 saturated carbocycles. The number of carbonyl (C=O) groups excluding carboxylic acids is 1. The molecule has 0 unspecified atom stereocenters. The Morgan fingerprint density at radius 1 is 1.44 bits per heavy atom. The first-order valence-corrected chi connectivity index (χ1v) is 6.29. The van der Waals surface area contributed by atoms with Gasteiger partial charge in [-0.15, -0.1) is 0 Å². The molecule has 98 valence electrons. The second kappa shape index (κ2) is 6.42. The van der Waals surface area contributed by atoms with Gasteiger partial charge in [-0.25, -0.2) is 0 Å². The van der Waals surface area contributed by atoms with Gasteiger partial charge in [0.15, 0.2) is 0 Å². The summed E-state index contributed by atoms with van der Waals surface area (Å²) in [5, 5.41) is 10.4. The average Bonchev–Trinajstić information content (AvgIpc) is 2.42.